The van der Waals surface area contributed by atoms with Gasteiger partial charge in [-0.05, 0) is 49.9 Å². The Bertz CT molecular complexity index is 530. The third kappa shape index (κ3) is 5.89. The lowest BCUT2D eigenvalue weighted by molar-refractivity contribution is -0.122. The summed E-state index contributed by atoms with van der Waals surface area (Å²) in [6.07, 6.45) is 1.30. The highest BCUT2D eigenvalue weighted by Crippen LogP contribution is 2.27. The fourth-order valence-corrected chi connectivity index (χ4v) is 2.90. The monoisotopic (exact) mass is 333 g/mol. The molecular formula is C19H31N3O2. The van der Waals surface area contributed by atoms with Gasteiger partial charge in [-0.1, -0.05) is 31.2 Å². The van der Waals surface area contributed by atoms with Crippen LogP contribution >= 0.6 is 0 Å². The van der Waals surface area contributed by atoms with E-state index in [1.54, 1.807) is 0 Å². The van der Waals surface area contributed by atoms with Gasteiger partial charge in [-0.2, -0.15) is 0 Å². The average Bonchev–Trinajstić information content (AvgIpc) is 2.93. The number of amides is 1. The number of hydrogen-bond donors (Lipinski definition) is 2. The van der Waals surface area contributed by atoms with Gasteiger partial charge in [0.15, 0.2) is 0 Å². The number of carbonyl (C=O) groups is 1. The fourth-order valence-electron chi connectivity index (χ4n) is 2.90. The molecule has 2 rings (SSSR count). The van der Waals surface area contributed by atoms with Crippen molar-refractivity contribution >= 4 is 5.91 Å². The fraction of sp³-hybridized carbons (Fsp3) is 0.632. The Kier molecular flexibility index (Phi) is 6.78. The van der Waals surface area contributed by atoms with Crippen molar-refractivity contribution in [2.24, 2.45) is 11.1 Å². The smallest absolute Gasteiger partial charge is 0.234 e. The third-order valence-electron chi connectivity index (χ3n) is 4.59. The predicted molar refractivity (Wildman–Crippen MR) is 96.4 cm³/mol. The summed E-state index contributed by atoms with van der Waals surface area (Å²) in [7, 11) is 0. The number of ether oxygens (including phenoxy) is 1. The lowest BCUT2D eigenvalue weighted by atomic mass is 9.90. The van der Waals surface area contributed by atoms with Crippen LogP contribution in [0.5, 0.6) is 0 Å². The predicted octanol–water partition coefficient (Wildman–Crippen LogP) is 1.90. The molecule has 1 aliphatic heterocycles. The first-order valence-electron chi connectivity index (χ1n) is 8.79. The van der Waals surface area contributed by atoms with Crippen LogP contribution in [0.25, 0.3) is 0 Å². The Morgan fingerprint density at radius 2 is 2.00 bits per heavy atom. The molecule has 134 valence electrons. The van der Waals surface area contributed by atoms with Crippen molar-refractivity contribution < 1.29 is 9.53 Å². The van der Waals surface area contributed by atoms with Gasteiger partial charge < -0.3 is 15.8 Å². The number of benzene rings is 1. The van der Waals surface area contributed by atoms with E-state index in [0.717, 1.165) is 30.6 Å². The van der Waals surface area contributed by atoms with Crippen molar-refractivity contribution in [3.8, 4) is 0 Å². The summed E-state index contributed by atoms with van der Waals surface area (Å²) >= 11 is 0. The molecular weight excluding hydrogens is 302 g/mol. The van der Waals surface area contributed by atoms with Crippen molar-refractivity contribution in [3.63, 3.8) is 0 Å². The van der Waals surface area contributed by atoms with Crippen LogP contribution in [0.4, 0.5) is 0 Å². The van der Waals surface area contributed by atoms with Gasteiger partial charge in [-0.25, -0.2) is 0 Å². The number of rotatable bonds is 8. The molecule has 0 spiro atoms. The summed E-state index contributed by atoms with van der Waals surface area (Å²) < 4.78 is 5.58. The zero-order valence-corrected chi connectivity index (χ0v) is 15.2. The molecule has 1 aromatic rings. The second-order valence-electron chi connectivity index (χ2n) is 7.43. The molecule has 3 N–H and O–H groups in total. The SMILES string of the molecule is CC(C)OCc1ccc(CNC(=O)CN2CCC(C)(CN)C2)cc1. The first-order valence-corrected chi connectivity index (χ1v) is 8.79. The topological polar surface area (TPSA) is 67.6 Å². The maximum Gasteiger partial charge on any atom is 0.234 e. The minimum Gasteiger partial charge on any atom is -0.374 e. The second kappa shape index (κ2) is 8.60. The molecule has 24 heavy (non-hydrogen) atoms. The van der Waals surface area contributed by atoms with Crippen LogP contribution in [0.15, 0.2) is 24.3 Å². The molecule has 0 radical (unpaired) electrons. The van der Waals surface area contributed by atoms with E-state index in [4.69, 9.17) is 10.5 Å². The highest BCUT2D eigenvalue weighted by atomic mass is 16.5. The zero-order chi connectivity index (χ0) is 17.6. The van der Waals surface area contributed by atoms with Gasteiger partial charge >= 0.3 is 0 Å². The standard InChI is InChI=1S/C19H31N3O2/c1-15(2)24-12-17-6-4-16(5-7-17)10-21-18(23)11-22-9-8-19(3,13-20)14-22/h4-7,15H,8-14,20H2,1-3H3,(H,21,23). The van der Waals surface area contributed by atoms with E-state index in [2.05, 4.69) is 29.3 Å². The van der Waals surface area contributed by atoms with Crippen LogP contribution < -0.4 is 11.1 Å². The minimum absolute atomic E-state index is 0.0727. The highest BCUT2D eigenvalue weighted by Gasteiger charge is 2.32. The molecule has 1 heterocycles. The van der Waals surface area contributed by atoms with Gasteiger partial charge in [0, 0.05) is 13.1 Å². The number of carbonyl (C=O) groups excluding carboxylic acids is 1. The first-order chi connectivity index (χ1) is 11.4. The van der Waals surface area contributed by atoms with Gasteiger partial charge in [0.1, 0.15) is 0 Å². The summed E-state index contributed by atoms with van der Waals surface area (Å²) in [5.74, 6) is 0.0727. The largest absolute Gasteiger partial charge is 0.374 e. The van der Waals surface area contributed by atoms with E-state index in [1.807, 2.05) is 26.0 Å². The van der Waals surface area contributed by atoms with E-state index in [1.165, 1.54) is 0 Å². The number of nitrogens with two attached hydrogens (primary N) is 1. The Labute approximate surface area is 145 Å². The summed E-state index contributed by atoms with van der Waals surface area (Å²) in [5, 5.41) is 3.00. The molecule has 1 aromatic carbocycles. The van der Waals surface area contributed by atoms with E-state index in [-0.39, 0.29) is 17.4 Å². The lowest BCUT2D eigenvalue weighted by Crippen LogP contribution is -2.38. The molecule has 5 nitrogen and oxygen atoms in total. The Morgan fingerprint density at radius 3 is 2.58 bits per heavy atom. The van der Waals surface area contributed by atoms with E-state index in [0.29, 0.717) is 26.2 Å². The number of hydrogen-bond acceptors (Lipinski definition) is 4. The van der Waals surface area contributed by atoms with Crippen molar-refractivity contribution in [1.29, 1.82) is 0 Å². The molecule has 0 aromatic heterocycles. The zero-order valence-electron chi connectivity index (χ0n) is 15.2. The summed E-state index contributed by atoms with van der Waals surface area (Å²) in [4.78, 5) is 14.3. The van der Waals surface area contributed by atoms with Crippen molar-refractivity contribution in [2.45, 2.75) is 46.4 Å². The molecule has 1 amide bonds. The van der Waals surface area contributed by atoms with Crippen LogP contribution in [-0.4, -0.2) is 43.1 Å². The molecule has 1 aliphatic rings. The maximum atomic E-state index is 12.1. The summed E-state index contributed by atoms with van der Waals surface area (Å²) in [6, 6.07) is 8.19. The highest BCUT2D eigenvalue weighted by molar-refractivity contribution is 5.78. The second-order valence-corrected chi connectivity index (χ2v) is 7.43. The van der Waals surface area contributed by atoms with Crippen LogP contribution in [0.3, 0.4) is 0 Å². The Balaban J connectivity index is 1.72. The van der Waals surface area contributed by atoms with Crippen LogP contribution in [0.2, 0.25) is 0 Å². The summed E-state index contributed by atoms with van der Waals surface area (Å²) in [5.41, 5.74) is 8.22. The third-order valence-corrected chi connectivity index (χ3v) is 4.59. The summed E-state index contributed by atoms with van der Waals surface area (Å²) in [6.45, 7) is 10.4. The van der Waals surface area contributed by atoms with Gasteiger partial charge in [-0.15, -0.1) is 0 Å². The number of nitrogens with zero attached hydrogens (tertiary/aromatic N) is 1. The molecule has 1 atom stereocenters. The first kappa shape index (κ1) is 18.9. The quantitative estimate of drug-likeness (QED) is 0.762. The normalized spacial score (nSPS) is 21.4. The van der Waals surface area contributed by atoms with Gasteiger partial charge in [0.25, 0.3) is 0 Å². The maximum absolute atomic E-state index is 12.1. The molecule has 0 bridgehead atoms. The van der Waals surface area contributed by atoms with Crippen molar-refractivity contribution in [1.82, 2.24) is 10.2 Å². The molecule has 0 saturated carbocycles. The van der Waals surface area contributed by atoms with Gasteiger partial charge in [-0.3, -0.25) is 9.69 Å². The van der Waals surface area contributed by atoms with Crippen LogP contribution in [0, 0.1) is 5.41 Å². The van der Waals surface area contributed by atoms with Gasteiger partial charge in [0.05, 0.1) is 19.3 Å². The van der Waals surface area contributed by atoms with Gasteiger partial charge in [0.2, 0.25) is 5.91 Å². The van der Waals surface area contributed by atoms with Crippen molar-refractivity contribution in [3.05, 3.63) is 35.4 Å². The Morgan fingerprint density at radius 1 is 1.33 bits per heavy atom. The Hall–Kier alpha value is -1.43. The number of nitrogens with one attached hydrogen (secondary N) is 1. The molecule has 1 saturated heterocycles. The minimum atomic E-state index is 0.0727. The van der Waals surface area contributed by atoms with E-state index in [9.17, 15) is 4.79 Å². The average molecular weight is 333 g/mol. The molecule has 1 fully saturated rings. The van der Waals surface area contributed by atoms with E-state index >= 15 is 0 Å². The molecule has 1 unspecified atom stereocenters. The molecule has 5 heteroatoms. The lowest BCUT2D eigenvalue weighted by Gasteiger charge is -2.22. The number of likely N-dealkylation sites (tertiary alicyclic amines) is 1. The van der Waals surface area contributed by atoms with Crippen molar-refractivity contribution in [2.75, 3.05) is 26.2 Å². The van der Waals surface area contributed by atoms with Crippen LogP contribution in [0.1, 0.15) is 38.3 Å². The van der Waals surface area contributed by atoms with Crippen LogP contribution in [-0.2, 0) is 22.7 Å². The van der Waals surface area contributed by atoms with E-state index < -0.39 is 0 Å². The molecule has 0 aliphatic carbocycles.